The van der Waals surface area contributed by atoms with Gasteiger partial charge in [-0.2, -0.15) is 0 Å². The average Bonchev–Trinajstić information content (AvgIpc) is 3.03. The van der Waals surface area contributed by atoms with E-state index in [1.807, 2.05) is 13.8 Å². The van der Waals surface area contributed by atoms with Crippen molar-refractivity contribution in [1.29, 1.82) is 0 Å². The summed E-state index contributed by atoms with van der Waals surface area (Å²) in [5.74, 6) is 0.982. The Labute approximate surface area is 206 Å². The number of anilines is 1. The molecule has 4 rings (SSSR count). The fourth-order valence-corrected chi connectivity index (χ4v) is 6.14. The maximum Gasteiger partial charge on any atom is 0.240 e. The number of rotatable bonds is 8. The Morgan fingerprint density at radius 2 is 1.94 bits per heavy atom. The van der Waals surface area contributed by atoms with Crippen LogP contribution in [-0.4, -0.2) is 38.5 Å². The Bertz CT molecular complexity index is 1160. The molecule has 1 aliphatic heterocycles. The van der Waals surface area contributed by atoms with Crippen molar-refractivity contribution in [2.75, 3.05) is 18.4 Å². The van der Waals surface area contributed by atoms with Crippen molar-refractivity contribution in [3.8, 4) is 0 Å². The summed E-state index contributed by atoms with van der Waals surface area (Å²) < 4.78 is 33.7. The lowest BCUT2D eigenvalue weighted by Gasteiger charge is -2.28. The number of amides is 2. The van der Waals surface area contributed by atoms with Crippen LogP contribution in [0.25, 0.3) is 0 Å². The summed E-state index contributed by atoms with van der Waals surface area (Å²) in [4.78, 5) is 24.5. The number of fused-ring (bicyclic) bond motifs is 1. The number of nitrogens with zero attached hydrogens (tertiary/aromatic N) is 1. The van der Waals surface area contributed by atoms with E-state index in [9.17, 15) is 18.0 Å². The highest BCUT2D eigenvalue weighted by Crippen LogP contribution is 2.29. The molecule has 3 N–H and O–H groups in total. The second-order valence-electron chi connectivity index (χ2n) is 9.63. The lowest BCUT2D eigenvalue weighted by Crippen LogP contribution is -2.36. The number of hydrogen-bond donors (Lipinski definition) is 3. The first-order valence-corrected chi connectivity index (χ1v) is 13.8. The number of aryl methyl sites for hydroxylation is 3. The topological polar surface area (TPSA) is 130 Å². The summed E-state index contributed by atoms with van der Waals surface area (Å²) in [5, 5.41) is 9.79. The Kier molecular flexibility index (Phi) is 7.91. The van der Waals surface area contributed by atoms with Crippen LogP contribution in [0.5, 0.6) is 0 Å². The number of aromatic nitrogens is 1. The molecule has 2 aromatic rings. The van der Waals surface area contributed by atoms with Crippen molar-refractivity contribution < 1.29 is 22.5 Å². The average molecular weight is 503 g/mol. The van der Waals surface area contributed by atoms with Crippen molar-refractivity contribution in [3.63, 3.8) is 0 Å². The van der Waals surface area contributed by atoms with E-state index in [4.69, 9.17) is 4.52 Å². The van der Waals surface area contributed by atoms with Gasteiger partial charge in [-0.3, -0.25) is 9.59 Å². The predicted octanol–water partition coefficient (Wildman–Crippen LogP) is 3.01. The third-order valence-electron chi connectivity index (χ3n) is 7.15. The highest BCUT2D eigenvalue weighted by atomic mass is 32.2. The van der Waals surface area contributed by atoms with Crippen molar-refractivity contribution in [3.05, 3.63) is 40.8 Å². The predicted molar refractivity (Wildman–Crippen MR) is 131 cm³/mol. The van der Waals surface area contributed by atoms with Gasteiger partial charge in [-0.1, -0.05) is 5.16 Å². The minimum atomic E-state index is -3.64. The number of benzene rings is 1. The minimum absolute atomic E-state index is 0.0349. The van der Waals surface area contributed by atoms with Crippen molar-refractivity contribution in [1.82, 2.24) is 15.2 Å². The van der Waals surface area contributed by atoms with Crippen LogP contribution >= 0.6 is 0 Å². The molecule has 0 saturated heterocycles. The second-order valence-corrected chi connectivity index (χ2v) is 11.4. The zero-order valence-electron chi connectivity index (χ0n) is 20.4. The molecular formula is C25H34N4O5S. The third-order valence-corrected chi connectivity index (χ3v) is 8.57. The van der Waals surface area contributed by atoms with E-state index >= 15 is 0 Å². The van der Waals surface area contributed by atoms with Gasteiger partial charge in [0.15, 0.2) is 0 Å². The number of sulfonamides is 1. The lowest BCUT2D eigenvalue weighted by atomic mass is 9.81. The van der Waals surface area contributed by atoms with Crippen molar-refractivity contribution in [2.45, 2.75) is 70.1 Å². The van der Waals surface area contributed by atoms with E-state index in [0.29, 0.717) is 44.5 Å². The molecule has 0 unspecified atom stereocenters. The van der Waals surface area contributed by atoms with Gasteiger partial charge in [0.2, 0.25) is 21.8 Å². The molecule has 35 heavy (non-hydrogen) atoms. The molecule has 10 heteroatoms. The highest BCUT2D eigenvalue weighted by Gasteiger charge is 2.27. The first-order chi connectivity index (χ1) is 16.7. The molecule has 2 heterocycles. The van der Waals surface area contributed by atoms with Crippen LogP contribution in [0.2, 0.25) is 0 Å². The van der Waals surface area contributed by atoms with Crippen LogP contribution in [0.1, 0.15) is 61.1 Å². The summed E-state index contributed by atoms with van der Waals surface area (Å²) in [6.07, 6.45) is 5.62. The van der Waals surface area contributed by atoms with Gasteiger partial charge < -0.3 is 15.2 Å². The lowest BCUT2D eigenvalue weighted by molar-refractivity contribution is -0.126. The molecule has 1 fully saturated rings. The largest absolute Gasteiger partial charge is 0.361 e. The normalized spacial score (nSPS) is 20.6. The summed E-state index contributed by atoms with van der Waals surface area (Å²) in [7, 11) is -3.64. The van der Waals surface area contributed by atoms with Crippen molar-refractivity contribution >= 4 is 27.5 Å². The van der Waals surface area contributed by atoms with Gasteiger partial charge in [0, 0.05) is 36.7 Å². The van der Waals surface area contributed by atoms with E-state index in [2.05, 4.69) is 20.5 Å². The molecule has 9 nitrogen and oxygen atoms in total. The zero-order valence-corrected chi connectivity index (χ0v) is 21.2. The maximum atomic E-state index is 12.9. The second kappa shape index (κ2) is 10.9. The summed E-state index contributed by atoms with van der Waals surface area (Å²) in [6, 6.07) is 4.87. The van der Waals surface area contributed by atoms with Gasteiger partial charge in [-0.25, -0.2) is 13.1 Å². The highest BCUT2D eigenvalue weighted by molar-refractivity contribution is 7.89. The number of hydrogen-bond acceptors (Lipinski definition) is 6. The fraction of sp³-hybridized carbons (Fsp3) is 0.560. The van der Waals surface area contributed by atoms with Crippen LogP contribution in [0.4, 0.5) is 5.69 Å². The van der Waals surface area contributed by atoms with Crippen LogP contribution in [0.15, 0.2) is 27.6 Å². The standard InChI is InChI=1S/C25H34N4O5S/c1-16-22(17(2)34-29-16)12-13-26-25(31)19-8-6-18(7-9-19)15-27-35(32,33)21-10-11-23-20(14-21)4-3-5-24(30)28-23/h10-11,14,18-19,27H,3-9,12-13,15H2,1-2H3,(H,26,31)(H,28,30). The van der Waals surface area contributed by atoms with Gasteiger partial charge in [-0.15, -0.1) is 0 Å². The fourth-order valence-electron chi connectivity index (χ4n) is 4.97. The van der Waals surface area contributed by atoms with Gasteiger partial charge in [0.1, 0.15) is 5.76 Å². The van der Waals surface area contributed by atoms with Gasteiger partial charge >= 0.3 is 0 Å². The third kappa shape index (κ3) is 6.29. The smallest absolute Gasteiger partial charge is 0.240 e. The van der Waals surface area contributed by atoms with E-state index < -0.39 is 10.0 Å². The minimum Gasteiger partial charge on any atom is -0.361 e. The molecule has 0 atom stereocenters. The van der Waals surface area contributed by atoms with E-state index in [1.54, 1.807) is 12.1 Å². The number of carbonyl (C=O) groups is 2. The molecule has 1 aromatic heterocycles. The number of carbonyl (C=O) groups excluding carboxylic acids is 2. The summed E-state index contributed by atoms with van der Waals surface area (Å²) in [6.45, 7) is 4.68. The SMILES string of the molecule is Cc1noc(C)c1CCNC(=O)C1CCC(CNS(=O)(=O)c2ccc3c(c2)CCCC(=O)N3)CC1. The molecular weight excluding hydrogens is 468 g/mol. The zero-order chi connectivity index (χ0) is 25.0. The first-order valence-electron chi connectivity index (χ1n) is 12.3. The van der Waals surface area contributed by atoms with Crippen LogP contribution in [0, 0.1) is 25.7 Å². The quantitative estimate of drug-likeness (QED) is 0.509. The van der Waals surface area contributed by atoms with Gasteiger partial charge in [-0.05, 0) is 88.5 Å². The molecule has 190 valence electrons. The Hall–Kier alpha value is -2.72. The van der Waals surface area contributed by atoms with Crippen LogP contribution < -0.4 is 15.4 Å². The van der Waals surface area contributed by atoms with Gasteiger partial charge in [0.25, 0.3) is 0 Å². The van der Waals surface area contributed by atoms with E-state index in [1.165, 1.54) is 6.07 Å². The Morgan fingerprint density at radius 3 is 2.66 bits per heavy atom. The van der Waals surface area contributed by atoms with Gasteiger partial charge in [0.05, 0.1) is 10.6 Å². The molecule has 2 aliphatic rings. The molecule has 0 spiro atoms. The van der Waals surface area contributed by atoms with E-state index in [0.717, 1.165) is 48.3 Å². The summed E-state index contributed by atoms with van der Waals surface area (Å²) >= 11 is 0. The molecule has 1 aromatic carbocycles. The molecule has 2 amide bonds. The molecule has 0 radical (unpaired) electrons. The van der Waals surface area contributed by atoms with Crippen LogP contribution in [-0.2, 0) is 32.5 Å². The number of nitrogens with one attached hydrogen (secondary N) is 3. The van der Waals surface area contributed by atoms with E-state index in [-0.39, 0.29) is 28.5 Å². The first kappa shape index (κ1) is 25.4. The van der Waals surface area contributed by atoms with Crippen LogP contribution in [0.3, 0.4) is 0 Å². The monoisotopic (exact) mass is 502 g/mol. The summed E-state index contributed by atoms with van der Waals surface area (Å²) in [5.41, 5.74) is 3.44. The van der Waals surface area contributed by atoms with Crippen molar-refractivity contribution in [2.24, 2.45) is 11.8 Å². The Morgan fingerprint density at radius 1 is 1.17 bits per heavy atom. The Balaban J connectivity index is 1.23. The molecule has 1 saturated carbocycles. The molecule has 1 aliphatic carbocycles. The maximum absolute atomic E-state index is 12.9. The molecule has 0 bridgehead atoms.